The number of carbonyl (C=O) groups is 2. The lowest BCUT2D eigenvalue weighted by molar-refractivity contribution is -0.162. The molecular weight excluding hydrogens is 493 g/mol. The third-order valence-electron chi connectivity index (χ3n) is 6.22. The number of nitrogens with one attached hydrogen (secondary N) is 1. The predicted octanol–water partition coefficient (Wildman–Crippen LogP) is 7.17. The highest BCUT2D eigenvalue weighted by Gasteiger charge is 2.51. The Balaban J connectivity index is 1.56. The van der Waals surface area contributed by atoms with E-state index in [4.69, 9.17) is 16.3 Å². The number of aromatic nitrogens is 1. The number of hydrogen-bond acceptors (Lipinski definition) is 5. The number of carbonyl (C=O) groups excluding carboxylic acids is 2. The van der Waals surface area contributed by atoms with E-state index in [0.29, 0.717) is 16.3 Å². The molecule has 9 heteroatoms. The van der Waals surface area contributed by atoms with Crippen LogP contribution in [0.1, 0.15) is 42.1 Å². The maximum atomic E-state index is 13.4. The number of pyridine rings is 1. The topological polar surface area (TPSA) is 68.3 Å². The fraction of sp³-hybridized carbons (Fsp3) is 0.296. The number of nitrogens with zero attached hydrogens (tertiary/aromatic N) is 1. The van der Waals surface area contributed by atoms with Crippen LogP contribution in [0.2, 0.25) is 5.02 Å². The van der Waals surface area contributed by atoms with Crippen molar-refractivity contribution >= 4 is 34.7 Å². The lowest BCUT2D eigenvalue weighted by Gasteiger charge is -2.36. The Morgan fingerprint density at radius 1 is 1.11 bits per heavy atom. The average molecular weight is 517 g/mol. The number of Topliss-reactive ketones (excluding diaryl/α,β-unsaturated/α-hetero) is 1. The van der Waals surface area contributed by atoms with Crippen molar-refractivity contribution in [1.82, 2.24) is 4.98 Å². The molecule has 0 saturated carbocycles. The molecule has 4 rings (SSSR count). The maximum Gasteiger partial charge on any atom is 0.390 e. The molecule has 36 heavy (non-hydrogen) atoms. The Labute approximate surface area is 211 Å². The van der Waals surface area contributed by atoms with Gasteiger partial charge in [0.15, 0.2) is 5.78 Å². The molecule has 0 aliphatic heterocycles. The standard InChI is InChI=1S/C27H24ClF3N2O3/c1-2-36-24(34)14-26(16-27(29,30)31)12-11-17-13-18(3-9-22(17)25(26)35)23-10-8-21(15-32-23)33-20-6-4-19(28)5-7-20/h3-10,13,15,33H,2,11-12,14,16H2,1H3. The van der Waals surface area contributed by atoms with Crippen LogP contribution in [0.5, 0.6) is 0 Å². The molecule has 188 valence electrons. The lowest BCUT2D eigenvalue weighted by Crippen LogP contribution is -2.42. The van der Waals surface area contributed by atoms with Crippen molar-refractivity contribution in [3.63, 3.8) is 0 Å². The van der Waals surface area contributed by atoms with Crippen molar-refractivity contribution in [2.24, 2.45) is 5.41 Å². The van der Waals surface area contributed by atoms with Crippen LogP contribution in [0.3, 0.4) is 0 Å². The van der Waals surface area contributed by atoms with Crippen molar-refractivity contribution in [2.45, 2.75) is 38.8 Å². The summed E-state index contributed by atoms with van der Waals surface area (Å²) in [6.45, 7) is 1.61. The number of esters is 1. The highest BCUT2D eigenvalue weighted by Crippen LogP contribution is 2.46. The summed E-state index contributed by atoms with van der Waals surface area (Å²) in [7, 11) is 0. The molecule has 0 amide bonds. The zero-order valence-electron chi connectivity index (χ0n) is 19.5. The number of alkyl halides is 3. The van der Waals surface area contributed by atoms with E-state index >= 15 is 0 Å². The molecule has 0 bridgehead atoms. The van der Waals surface area contributed by atoms with Crippen molar-refractivity contribution in [2.75, 3.05) is 11.9 Å². The molecule has 0 fully saturated rings. The van der Waals surface area contributed by atoms with Gasteiger partial charge in [-0.1, -0.05) is 23.7 Å². The second-order valence-electron chi connectivity index (χ2n) is 8.82. The first-order chi connectivity index (χ1) is 17.1. The fourth-order valence-corrected chi connectivity index (χ4v) is 4.69. The van der Waals surface area contributed by atoms with Crippen LogP contribution < -0.4 is 5.32 Å². The van der Waals surface area contributed by atoms with Crippen LogP contribution in [0.4, 0.5) is 24.5 Å². The Hall–Kier alpha value is -3.39. The molecule has 0 spiro atoms. The van der Waals surface area contributed by atoms with E-state index in [1.165, 1.54) is 6.07 Å². The first kappa shape index (κ1) is 25.7. The summed E-state index contributed by atoms with van der Waals surface area (Å²) in [6.07, 6.45) is -4.72. The molecule has 1 aliphatic carbocycles. The van der Waals surface area contributed by atoms with Crippen molar-refractivity contribution in [3.8, 4) is 11.3 Å². The summed E-state index contributed by atoms with van der Waals surface area (Å²) in [5, 5.41) is 3.86. The third-order valence-corrected chi connectivity index (χ3v) is 6.48. The van der Waals surface area contributed by atoms with Crippen LogP contribution >= 0.6 is 11.6 Å². The van der Waals surface area contributed by atoms with Gasteiger partial charge in [-0.25, -0.2) is 0 Å². The van der Waals surface area contributed by atoms with Gasteiger partial charge in [0.2, 0.25) is 0 Å². The molecule has 2 aromatic carbocycles. The van der Waals surface area contributed by atoms with Gasteiger partial charge in [-0.15, -0.1) is 0 Å². The Kier molecular flexibility index (Phi) is 7.36. The number of ketones is 1. The van der Waals surface area contributed by atoms with Crippen LogP contribution in [-0.2, 0) is 16.0 Å². The monoisotopic (exact) mass is 516 g/mol. The summed E-state index contributed by atoms with van der Waals surface area (Å²) in [6, 6.07) is 15.9. The van der Waals surface area contributed by atoms with Crippen molar-refractivity contribution in [3.05, 3.63) is 76.9 Å². The smallest absolute Gasteiger partial charge is 0.390 e. The van der Waals surface area contributed by atoms with Gasteiger partial charge >= 0.3 is 12.1 Å². The number of rotatable bonds is 7. The Morgan fingerprint density at radius 2 is 1.83 bits per heavy atom. The number of fused-ring (bicyclic) bond motifs is 1. The number of benzene rings is 2. The third kappa shape index (κ3) is 5.87. The highest BCUT2D eigenvalue weighted by molar-refractivity contribution is 6.30. The molecule has 1 aliphatic rings. The van der Waals surface area contributed by atoms with E-state index in [1.807, 2.05) is 24.3 Å². The largest absolute Gasteiger partial charge is 0.466 e. The molecule has 0 saturated heterocycles. The normalized spacial score (nSPS) is 17.4. The van der Waals surface area contributed by atoms with Crippen LogP contribution in [0.15, 0.2) is 60.8 Å². The fourth-order valence-electron chi connectivity index (χ4n) is 4.56. The number of aryl methyl sites for hydroxylation is 1. The van der Waals surface area contributed by atoms with Gasteiger partial charge in [-0.2, -0.15) is 13.2 Å². The van der Waals surface area contributed by atoms with Gasteiger partial charge in [0, 0.05) is 21.8 Å². The first-order valence-corrected chi connectivity index (χ1v) is 11.9. The van der Waals surface area contributed by atoms with Gasteiger partial charge in [-0.05, 0) is 67.8 Å². The van der Waals surface area contributed by atoms with Crippen molar-refractivity contribution in [1.29, 1.82) is 0 Å². The van der Waals surface area contributed by atoms with Crippen LogP contribution in [-0.4, -0.2) is 29.5 Å². The van der Waals surface area contributed by atoms with E-state index in [9.17, 15) is 22.8 Å². The number of anilines is 2. The maximum absolute atomic E-state index is 13.4. The van der Waals surface area contributed by atoms with Crippen LogP contribution in [0, 0.1) is 5.41 Å². The minimum Gasteiger partial charge on any atom is -0.466 e. The first-order valence-electron chi connectivity index (χ1n) is 11.5. The molecule has 1 aromatic heterocycles. The summed E-state index contributed by atoms with van der Waals surface area (Å²) in [5.74, 6) is -1.47. The number of hydrogen-bond donors (Lipinski definition) is 1. The molecule has 1 unspecified atom stereocenters. The average Bonchev–Trinajstić information content (AvgIpc) is 2.82. The molecule has 1 heterocycles. The minimum absolute atomic E-state index is 0.0378. The van der Waals surface area contributed by atoms with Gasteiger partial charge < -0.3 is 10.1 Å². The quantitative estimate of drug-likeness (QED) is 0.337. The van der Waals surface area contributed by atoms with E-state index in [-0.39, 0.29) is 25.0 Å². The second kappa shape index (κ2) is 10.3. The lowest BCUT2D eigenvalue weighted by atomic mass is 9.66. The summed E-state index contributed by atoms with van der Waals surface area (Å²) in [5.41, 5.74) is 2.02. The van der Waals surface area contributed by atoms with E-state index in [0.717, 1.165) is 16.9 Å². The van der Waals surface area contributed by atoms with E-state index < -0.39 is 36.2 Å². The molecule has 1 atom stereocenters. The molecule has 1 N–H and O–H groups in total. The minimum atomic E-state index is -4.59. The SMILES string of the molecule is CCOC(=O)CC1(CC(F)(F)F)CCc2cc(-c3ccc(Nc4ccc(Cl)cc4)cn3)ccc2C1=O. The van der Waals surface area contributed by atoms with E-state index in [2.05, 4.69) is 10.3 Å². The molecule has 3 aromatic rings. The summed E-state index contributed by atoms with van der Waals surface area (Å²) < 4.78 is 45.1. The summed E-state index contributed by atoms with van der Waals surface area (Å²) in [4.78, 5) is 29.9. The molecule has 5 nitrogen and oxygen atoms in total. The van der Waals surface area contributed by atoms with E-state index in [1.54, 1.807) is 37.4 Å². The van der Waals surface area contributed by atoms with Gasteiger partial charge in [0.05, 0.1) is 42.4 Å². The van der Waals surface area contributed by atoms with Gasteiger partial charge in [0.25, 0.3) is 0 Å². The second-order valence-corrected chi connectivity index (χ2v) is 9.26. The van der Waals surface area contributed by atoms with Crippen LogP contribution in [0.25, 0.3) is 11.3 Å². The molecular formula is C27H24ClF3N2O3. The Bertz CT molecular complexity index is 1260. The zero-order chi connectivity index (χ0) is 25.9. The zero-order valence-corrected chi connectivity index (χ0v) is 20.2. The van der Waals surface area contributed by atoms with Gasteiger partial charge in [-0.3, -0.25) is 14.6 Å². The predicted molar refractivity (Wildman–Crippen MR) is 131 cm³/mol. The van der Waals surface area contributed by atoms with Gasteiger partial charge in [0.1, 0.15) is 0 Å². The number of halogens is 4. The summed E-state index contributed by atoms with van der Waals surface area (Å²) >= 11 is 5.91. The Morgan fingerprint density at radius 3 is 2.47 bits per heavy atom. The molecule has 0 radical (unpaired) electrons. The highest BCUT2D eigenvalue weighted by atomic mass is 35.5. The van der Waals surface area contributed by atoms with Crippen molar-refractivity contribution < 1.29 is 27.5 Å². The number of ether oxygens (including phenoxy) is 1.